The molecule has 0 saturated heterocycles. The lowest BCUT2D eigenvalue weighted by atomic mass is 10.1. The van der Waals surface area contributed by atoms with Crippen LogP contribution in [0, 0.1) is 5.82 Å². The largest absolute Gasteiger partial charge is 0.325 e. The smallest absolute Gasteiger partial charge is 0.276 e. The van der Waals surface area contributed by atoms with E-state index in [1.807, 2.05) is 0 Å². The average molecular weight is 358 g/mol. The van der Waals surface area contributed by atoms with Crippen molar-refractivity contribution in [3.8, 4) is 11.1 Å². The van der Waals surface area contributed by atoms with Crippen LogP contribution in [0.2, 0.25) is 10.2 Å². The number of benzene rings is 1. The van der Waals surface area contributed by atoms with E-state index in [0.717, 1.165) is 18.9 Å². The highest BCUT2D eigenvalue weighted by Crippen LogP contribution is 2.34. The monoisotopic (exact) mass is 357 g/mol. The van der Waals surface area contributed by atoms with Crippen LogP contribution in [0.25, 0.3) is 11.1 Å². The lowest BCUT2D eigenvalue weighted by Crippen LogP contribution is -2.27. The fraction of sp³-hybridized carbons (Fsp3) is 0.333. The number of anilines is 1. The summed E-state index contributed by atoms with van der Waals surface area (Å²) in [5.74, 6) is -1.00. The van der Waals surface area contributed by atoms with Crippen LogP contribution >= 0.6 is 23.2 Å². The summed E-state index contributed by atoms with van der Waals surface area (Å²) in [7, 11) is 0. The first-order valence-electron chi connectivity index (χ1n) is 7.16. The van der Waals surface area contributed by atoms with Crippen LogP contribution in [0.1, 0.15) is 19.8 Å². The molecule has 1 amide bonds. The van der Waals surface area contributed by atoms with Gasteiger partial charge in [0, 0.05) is 25.6 Å². The molecule has 0 atom stereocenters. The van der Waals surface area contributed by atoms with Crippen molar-refractivity contribution >= 4 is 34.8 Å². The number of halogens is 3. The molecule has 1 aromatic carbocycles. The Morgan fingerprint density at radius 1 is 1.22 bits per heavy atom. The number of amides is 1. The van der Waals surface area contributed by atoms with Gasteiger partial charge in [0.25, 0.3) is 5.56 Å². The number of rotatable bonds is 2. The molecule has 0 radical (unpaired) electrons. The van der Waals surface area contributed by atoms with Gasteiger partial charge >= 0.3 is 0 Å². The van der Waals surface area contributed by atoms with Crippen LogP contribution in [-0.2, 0) is 17.9 Å². The van der Waals surface area contributed by atoms with E-state index < -0.39 is 5.82 Å². The highest BCUT2D eigenvalue weighted by atomic mass is 35.5. The second-order valence-electron chi connectivity index (χ2n) is 5.42. The van der Waals surface area contributed by atoms with Crippen molar-refractivity contribution in [1.29, 1.82) is 0 Å². The Morgan fingerprint density at radius 3 is 2.48 bits per heavy atom. The molecule has 1 aliphatic heterocycles. The summed E-state index contributed by atoms with van der Waals surface area (Å²) < 4.78 is 17.5. The molecule has 1 aliphatic rings. The third kappa shape index (κ3) is 2.77. The Morgan fingerprint density at radius 2 is 1.87 bits per heavy atom. The summed E-state index contributed by atoms with van der Waals surface area (Å²) in [5, 5.41) is 2.77. The van der Waals surface area contributed by atoms with Crippen LogP contribution in [0.3, 0.4) is 0 Å². The maximum atomic E-state index is 14.4. The molecule has 0 unspecified atom stereocenters. The summed E-state index contributed by atoms with van der Waals surface area (Å²) in [5.41, 5.74) is 0.0155. The Balaban J connectivity index is 2.21. The lowest BCUT2D eigenvalue weighted by Gasteiger charge is -2.17. The highest BCUT2D eigenvalue weighted by Gasteiger charge is 2.25. The van der Waals surface area contributed by atoms with E-state index in [9.17, 15) is 14.0 Å². The van der Waals surface area contributed by atoms with Gasteiger partial charge < -0.3 is 5.32 Å². The topological polar surface area (TPSA) is 56.0 Å². The van der Waals surface area contributed by atoms with Gasteiger partial charge in [-0.05, 0) is 25.0 Å². The molecule has 23 heavy (non-hydrogen) atoms. The SMILES string of the molecule is CC(=O)Nc1cc(-c2c(Cl)n3n(c2=O)CCCC3)c(F)cc1Cl. The second-order valence-corrected chi connectivity index (χ2v) is 6.18. The first-order chi connectivity index (χ1) is 10.9. The zero-order chi connectivity index (χ0) is 16.7. The molecule has 1 N–H and O–H groups in total. The van der Waals surface area contributed by atoms with Gasteiger partial charge in [-0.3, -0.25) is 14.3 Å². The summed E-state index contributed by atoms with van der Waals surface area (Å²) in [6.07, 6.45) is 1.79. The lowest BCUT2D eigenvalue weighted by molar-refractivity contribution is -0.114. The van der Waals surface area contributed by atoms with Crippen molar-refractivity contribution in [3.05, 3.63) is 38.5 Å². The molecule has 0 spiro atoms. The quantitative estimate of drug-likeness (QED) is 0.893. The molecule has 0 fully saturated rings. The van der Waals surface area contributed by atoms with E-state index in [2.05, 4.69) is 5.32 Å². The molecule has 122 valence electrons. The molecule has 2 aromatic rings. The van der Waals surface area contributed by atoms with E-state index in [1.54, 1.807) is 4.68 Å². The summed E-state index contributed by atoms with van der Waals surface area (Å²) >= 11 is 12.2. The fourth-order valence-electron chi connectivity index (χ4n) is 2.78. The molecule has 3 rings (SSSR count). The van der Waals surface area contributed by atoms with Crippen molar-refractivity contribution in [2.75, 3.05) is 5.32 Å². The first-order valence-corrected chi connectivity index (χ1v) is 7.92. The number of nitrogens with one attached hydrogen (secondary N) is 1. The van der Waals surface area contributed by atoms with Crippen molar-refractivity contribution in [1.82, 2.24) is 9.36 Å². The molecule has 0 saturated carbocycles. The maximum Gasteiger partial charge on any atom is 0.276 e. The van der Waals surface area contributed by atoms with Crippen molar-refractivity contribution in [2.24, 2.45) is 0 Å². The van der Waals surface area contributed by atoms with Gasteiger partial charge in [0.2, 0.25) is 5.91 Å². The number of carbonyl (C=O) groups is 1. The van der Waals surface area contributed by atoms with E-state index >= 15 is 0 Å². The Hall–Kier alpha value is -1.79. The molecular weight excluding hydrogens is 344 g/mol. The Kier molecular flexibility index (Phi) is 4.21. The van der Waals surface area contributed by atoms with Gasteiger partial charge in [-0.2, -0.15) is 0 Å². The maximum absolute atomic E-state index is 14.4. The molecule has 8 heteroatoms. The summed E-state index contributed by atoms with van der Waals surface area (Å²) in [4.78, 5) is 23.8. The van der Waals surface area contributed by atoms with Crippen LogP contribution in [-0.4, -0.2) is 15.3 Å². The van der Waals surface area contributed by atoms with Crippen molar-refractivity contribution < 1.29 is 9.18 Å². The number of fused-ring (bicyclic) bond motifs is 1. The van der Waals surface area contributed by atoms with Crippen LogP contribution in [0.15, 0.2) is 16.9 Å². The molecule has 5 nitrogen and oxygen atoms in total. The fourth-order valence-corrected chi connectivity index (χ4v) is 3.33. The van der Waals surface area contributed by atoms with Crippen molar-refractivity contribution in [3.63, 3.8) is 0 Å². The predicted octanol–water partition coefficient (Wildman–Crippen LogP) is 3.51. The van der Waals surface area contributed by atoms with Gasteiger partial charge in [0.1, 0.15) is 11.0 Å². The number of carbonyl (C=O) groups excluding carboxylic acids is 1. The zero-order valence-corrected chi connectivity index (χ0v) is 13.8. The third-order valence-electron chi connectivity index (χ3n) is 3.80. The normalized spacial score (nSPS) is 13.7. The number of hydrogen-bond acceptors (Lipinski definition) is 2. The minimum Gasteiger partial charge on any atom is -0.325 e. The molecule has 0 bridgehead atoms. The molecular formula is C15H14Cl2FN3O2. The van der Waals surface area contributed by atoms with E-state index in [1.165, 1.54) is 17.7 Å². The second kappa shape index (κ2) is 6.02. The molecule has 2 heterocycles. The Labute approximate surface area is 141 Å². The van der Waals surface area contributed by atoms with E-state index in [-0.39, 0.29) is 38.5 Å². The minimum atomic E-state index is -0.661. The minimum absolute atomic E-state index is 0.0301. The number of nitrogens with zero attached hydrogens (tertiary/aromatic N) is 2. The highest BCUT2D eigenvalue weighted by molar-refractivity contribution is 6.34. The number of hydrogen-bond donors (Lipinski definition) is 1. The molecule has 1 aromatic heterocycles. The van der Waals surface area contributed by atoms with E-state index in [4.69, 9.17) is 23.2 Å². The van der Waals surface area contributed by atoms with E-state index in [0.29, 0.717) is 13.1 Å². The van der Waals surface area contributed by atoms with Crippen LogP contribution in [0.4, 0.5) is 10.1 Å². The van der Waals surface area contributed by atoms with Gasteiger partial charge in [-0.15, -0.1) is 0 Å². The number of aromatic nitrogens is 2. The summed E-state index contributed by atoms with van der Waals surface area (Å²) in [6, 6.07) is 2.41. The van der Waals surface area contributed by atoms with Gasteiger partial charge in [-0.25, -0.2) is 9.07 Å². The molecule has 0 aliphatic carbocycles. The van der Waals surface area contributed by atoms with Crippen LogP contribution in [0.5, 0.6) is 0 Å². The average Bonchev–Trinajstić information content (AvgIpc) is 2.74. The van der Waals surface area contributed by atoms with Gasteiger partial charge in [0.15, 0.2) is 0 Å². The Bertz CT molecular complexity index is 857. The first kappa shape index (κ1) is 16.1. The summed E-state index contributed by atoms with van der Waals surface area (Å²) in [6.45, 7) is 2.48. The van der Waals surface area contributed by atoms with Gasteiger partial charge in [-0.1, -0.05) is 23.2 Å². The zero-order valence-electron chi connectivity index (χ0n) is 12.3. The third-order valence-corrected chi connectivity index (χ3v) is 4.50. The van der Waals surface area contributed by atoms with Gasteiger partial charge in [0.05, 0.1) is 16.3 Å². The van der Waals surface area contributed by atoms with Crippen molar-refractivity contribution in [2.45, 2.75) is 32.9 Å². The standard InChI is InChI=1S/C15H14Cl2FN3O2/c1-8(22)19-12-6-9(11(18)7-10(12)16)13-14(17)20-4-2-3-5-21(20)15(13)23/h6-7H,2-5H2,1H3,(H,19,22). The van der Waals surface area contributed by atoms with Crippen LogP contribution < -0.4 is 10.9 Å². The predicted molar refractivity (Wildman–Crippen MR) is 87.6 cm³/mol.